The van der Waals surface area contributed by atoms with Crippen molar-refractivity contribution in [2.45, 2.75) is 0 Å². The third kappa shape index (κ3) is 1.38. The summed E-state index contributed by atoms with van der Waals surface area (Å²) in [6.07, 6.45) is 0. The van der Waals surface area contributed by atoms with Gasteiger partial charge in [0.1, 0.15) is 11.4 Å². The smallest absolute Gasteiger partial charge is 0.254 e. The minimum Gasteiger partial charge on any atom is -0.365 e. The Kier molecular flexibility index (Phi) is 2.28. The van der Waals surface area contributed by atoms with Crippen molar-refractivity contribution in [3.8, 4) is 0 Å². The molecule has 12 heavy (non-hydrogen) atoms. The Morgan fingerprint density at radius 2 is 2.00 bits per heavy atom. The van der Waals surface area contributed by atoms with Crippen molar-refractivity contribution < 1.29 is 13.6 Å². The van der Waals surface area contributed by atoms with Crippen molar-refractivity contribution in [1.29, 1.82) is 0 Å². The first-order valence-electron chi connectivity index (χ1n) is 2.97. The van der Waals surface area contributed by atoms with Gasteiger partial charge in [-0.3, -0.25) is 4.79 Å². The molecule has 1 aromatic carbocycles. The Morgan fingerprint density at radius 1 is 1.42 bits per heavy atom. The summed E-state index contributed by atoms with van der Waals surface area (Å²) in [5, 5.41) is -0.329. The highest BCUT2D eigenvalue weighted by Gasteiger charge is 2.16. The second kappa shape index (κ2) is 3.06. The molecule has 0 saturated carbocycles. The van der Waals surface area contributed by atoms with E-state index in [0.29, 0.717) is 0 Å². The van der Waals surface area contributed by atoms with Gasteiger partial charge in [0.15, 0.2) is 5.82 Å². The minimum absolute atomic E-state index is 0.329. The average Bonchev–Trinajstić information content (AvgIpc) is 1.97. The molecule has 0 unspecified atom stereocenters. The molecule has 0 aliphatic carbocycles. The summed E-state index contributed by atoms with van der Waals surface area (Å²) >= 11 is 5.28. The lowest BCUT2D eigenvalue weighted by molar-refractivity contribution is 0.0992. The summed E-state index contributed by atoms with van der Waals surface area (Å²) in [6, 6.07) is 1.89. The maximum atomic E-state index is 12.8. The van der Waals surface area contributed by atoms with Crippen LogP contribution in [0.4, 0.5) is 8.78 Å². The lowest BCUT2D eigenvalue weighted by Crippen LogP contribution is -2.15. The Bertz CT molecular complexity index is 340. The summed E-state index contributed by atoms with van der Waals surface area (Å²) in [5.74, 6) is -3.30. The maximum absolute atomic E-state index is 12.8. The summed E-state index contributed by atoms with van der Waals surface area (Å²) in [5.41, 5.74) is 3.90. The van der Waals surface area contributed by atoms with Crippen LogP contribution >= 0.6 is 11.6 Å². The zero-order chi connectivity index (χ0) is 9.30. The molecule has 0 saturated heterocycles. The lowest BCUT2D eigenvalue weighted by Gasteiger charge is -2.00. The molecule has 0 aromatic heterocycles. The van der Waals surface area contributed by atoms with E-state index in [1.807, 2.05) is 0 Å². The number of hydrogen-bond donors (Lipinski definition) is 1. The van der Waals surface area contributed by atoms with Crippen LogP contribution in [0.3, 0.4) is 0 Å². The van der Waals surface area contributed by atoms with Crippen LogP contribution in [0.15, 0.2) is 12.1 Å². The predicted octanol–water partition coefficient (Wildman–Crippen LogP) is 1.72. The molecule has 0 atom stereocenters. The van der Waals surface area contributed by atoms with Crippen molar-refractivity contribution in [2.75, 3.05) is 0 Å². The number of hydrogen-bond acceptors (Lipinski definition) is 1. The molecule has 2 nitrogen and oxygen atoms in total. The van der Waals surface area contributed by atoms with Crippen LogP contribution in [0.25, 0.3) is 0 Å². The summed E-state index contributed by atoms with van der Waals surface area (Å²) < 4.78 is 25.5. The van der Waals surface area contributed by atoms with Gasteiger partial charge in [0.05, 0.1) is 5.02 Å². The average molecular weight is 192 g/mol. The van der Waals surface area contributed by atoms with Crippen LogP contribution in [0, 0.1) is 11.6 Å². The number of rotatable bonds is 1. The van der Waals surface area contributed by atoms with Crippen LogP contribution in [0.1, 0.15) is 10.4 Å². The van der Waals surface area contributed by atoms with Gasteiger partial charge in [0, 0.05) is 0 Å². The molecule has 0 radical (unpaired) electrons. The van der Waals surface area contributed by atoms with Gasteiger partial charge in [0.2, 0.25) is 0 Å². The second-order valence-electron chi connectivity index (χ2n) is 2.08. The van der Waals surface area contributed by atoms with Crippen molar-refractivity contribution in [2.24, 2.45) is 5.73 Å². The largest absolute Gasteiger partial charge is 0.365 e. The van der Waals surface area contributed by atoms with E-state index >= 15 is 0 Å². The molecular formula is C7H4ClF2NO. The monoisotopic (exact) mass is 191 g/mol. The zero-order valence-corrected chi connectivity index (χ0v) is 6.53. The highest BCUT2D eigenvalue weighted by Crippen LogP contribution is 2.20. The van der Waals surface area contributed by atoms with Crippen LogP contribution in [-0.2, 0) is 0 Å². The Balaban J connectivity index is 3.43. The quantitative estimate of drug-likeness (QED) is 0.675. The van der Waals surface area contributed by atoms with E-state index in [2.05, 4.69) is 0 Å². The number of halogens is 3. The molecular weight excluding hydrogens is 188 g/mol. The molecule has 5 heteroatoms. The van der Waals surface area contributed by atoms with Crippen LogP contribution < -0.4 is 5.73 Å². The molecule has 0 heterocycles. The van der Waals surface area contributed by atoms with Gasteiger partial charge in [-0.1, -0.05) is 11.6 Å². The fourth-order valence-electron chi connectivity index (χ4n) is 0.753. The van der Waals surface area contributed by atoms with E-state index in [-0.39, 0.29) is 5.02 Å². The second-order valence-corrected chi connectivity index (χ2v) is 2.49. The summed E-state index contributed by atoms with van der Waals surface area (Å²) in [6.45, 7) is 0. The van der Waals surface area contributed by atoms with Crippen molar-refractivity contribution in [1.82, 2.24) is 0 Å². The highest BCUT2D eigenvalue weighted by molar-refractivity contribution is 6.31. The molecule has 2 N–H and O–H groups in total. The van der Waals surface area contributed by atoms with E-state index in [9.17, 15) is 13.6 Å². The topological polar surface area (TPSA) is 43.1 Å². The first-order chi connectivity index (χ1) is 5.54. The van der Waals surface area contributed by atoms with Crippen molar-refractivity contribution in [3.63, 3.8) is 0 Å². The number of amides is 1. The van der Waals surface area contributed by atoms with Crippen molar-refractivity contribution >= 4 is 17.5 Å². The van der Waals surface area contributed by atoms with Gasteiger partial charge in [-0.2, -0.15) is 0 Å². The normalized spacial score (nSPS) is 9.92. The molecule has 1 amide bonds. The highest BCUT2D eigenvalue weighted by atomic mass is 35.5. The fraction of sp³-hybridized carbons (Fsp3) is 0. The number of primary amides is 1. The van der Waals surface area contributed by atoms with Gasteiger partial charge in [-0.15, -0.1) is 0 Å². The van der Waals surface area contributed by atoms with Gasteiger partial charge in [-0.05, 0) is 12.1 Å². The fourth-order valence-corrected chi connectivity index (χ4v) is 0.910. The lowest BCUT2D eigenvalue weighted by atomic mass is 10.2. The summed E-state index contributed by atoms with van der Waals surface area (Å²) in [7, 11) is 0. The van der Waals surface area contributed by atoms with Crippen LogP contribution in [-0.4, -0.2) is 5.91 Å². The van der Waals surface area contributed by atoms with E-state index < -0.39 is 23.1 Å². The van der Waals surface area contributed by atoms with E-state index in [1.165, 1.54) is 0 Å². The molecule has 0 bridgehead atoms. The van der Waals surface area contributed by atoms with Gasteiger partial charge in [-0.25, -0.2) is 8.78 Å². The zero-order valence-electron chi connectivity index (χ0n) is 5.77. The number of nitrogens with two attached hydrogens (primary N) is 1. The third-order valence-corrected chi connectivity index (χ3v) is 1.58. The maximum Gasteiger partial charge on any atom is 0.254 e. The third-order valence-electron chi connectivity index (χ3n) is 1.29. The van der Waals surface area contributed by atoms with E-state index in [1.54, 1.807) is 0 Å². The summed E-state index contributed by atoms with van der Waals surface area (Å²) in [4.78, 5) is 10.5. The van der Waals surface area contributed by atoms with Gasteiger partial charge < -0.3 is 5.73 Å². The Morgan fingerprint density at radius 3 is 2.42 bits per heavy atom. The van der Waals surface area contributed by atoms with Gasteiger partial charge >= 0.3 is 0 Å². The molecule has 0 fully saturated rings. The molecule has 64 valence electrons. The molecule has 0 spiro atoms. The standard InChI is InChI=1S/C7H4ClF2NO/c8-3-1-2-4(9)5(6(3)10)7(11)12/h1-2H,(H2,11,12). The molecule has 1 aromatic rings. The Labute approximate surface area is 71.9 Å². The first kappa shape index (κ1) is 8.93. The van der Waals surface area contributed by atoms with Crippen LogP contribution in [0.2, 0.25) is 5.02 Å². The van der Waals surface area contributed by atoms with Crippen LogP contribution in [0.5, 0.6) is 0 Å². The van der Waals surface area contributed by atoms with Crippen molar-refractivity contribution in [3.05, 3.63) is 34.4 Å². The molecule has 0 aliphatic heterocycles. The van der Waals surface area contributed by atoms with Gasteiger partial charge in [0.25, 0.3) is 5.91 Å². The number of carbonyl (C=O) groups is 1. The molecule has 0 aliphatic rings. The predicted molar refractivity (Wildman–Crippen MR) is 39.9 cm³/mol. The first-order valence-corrected chi connectivity index (χ1v) is 3.35. The SMILES string of the molecule is NC(=O)c1c(F)ccc(Cl)c1F. The number of benzene rings is 1. The molecule has 1 rings (SSSR count). The van der Waals surface area contributed by atoms with E-state index in [4.69, 9.17) is 17.3 Å². The Hall–Kier alpha value is -1.16. The van der Waals surface area contributed by atoms with E-state index in [0.717, 1.165) is 12.1 Å². The minimum atomic E-state index is -1.17. The number of carbonyl (C=O) groups excluding carboxylic acids is 1.